The normalized spacial score (nSPS) is 15.2. The van der Waals surface area contributed by atoms with Crippen molar-refractivity contribution in [1.82, 2.24) is 14.9 Å². The average molecular weight is 201 g/mol. The third kappa shape index (κ3) is 3.56. The zero-order valence-electron chi connectivity index (χ0n) is 11.1. The van der Waals surface area contributed by atoms with Crippen molar-refractivity contribution >= 4 is 0 Å². The van der Waals surface area contributed by atoms with E-state index >= 15 is 0 Å². The molecule has 0 aromatic carbocycles. The molecule has 0 saturated heterocycles. The van der Waals surface area contributed by atoms with Crippen LogP contribution in [-0.2, 0) is 0 Å². The molecule has 0 aromatic rings. The van der Waals surface area contributed by atoms with Gasteiger partial charge in [0, 0.05) is 19.1 Å². The summed E-state index contributed by atoms with van der Waals surface area (Å²) in [5.41, 5.74) is 0. The van der Waals surface area contributed by atoms with Crippen LogP contribution in [0.3, 0.4) is 0 Å². The van der Waals surface area contributed by atoms with Crippen molar-refractivity contribution in [3.63, 3.8) is 0 Å². The number of hydrogen-bond donors (Lipinski definition) is 0. The number of hydrazine groups is 1. The Morgan fingerprint density at radius 1 is 0.714 bits per heavy atom. The van der Waals surface area contributed by atoms with Crippen LogP contribution in [0.15, 0.2) is 0 Å². The lowest BCUT2D eigenvalue weighted by Crippen LogP contribution is -2.55. The van der Waals surface area contributed by atoms with E-state index in [-0.39, 0.29) is 0 Å². The molecule has 0 spiro atoms. The molecular weight excluding hydrogens is 174 g/mol. The first-order valence-electron chi connectivity index (χ1n) is 5.46. The molecule has 0 aliphatic rings. The van der Waals surface area contributed by atoms with Gasteiger partial charge in [-0.3, -0.25) is 4.90 Å². The lowest BCUT2D eigenvalue weighted by atomic mass is 10.3. The number of nitrogens with zero attached hydrogens (tertiary/aromatic N) is 3. The van der Waals surface area contributed by atoms with Gasteiger partial charge in [0.25, 0.3) is 0 Å². The van der Waals surface area contributed by atoms with Crippen LogP contribution in [0.5, 0.6) is 0 Å². The van der Waals surface area contributed by atoms with Crippen LogP contribution >= 0.6 is 0 Å². The first kappa shape index (κ1) is 13.9. The molecule has 0 aromatic heterocycles. The Balaban J connectivity index is 4.51. The predicted molar refractivity (Wildman–Crippen MR) is 63.0 cm³/mol. The molecule has 0 amide bonds. The molecule has 0 aliphatic carbocycles. The number of hydrogen-bond acceptors (Lipinski definition) is 3. The van der Waals surface area contributed by atoms with Crippen molar-refractivity contribution in [1.29, 1.82) is 0 Å². The average Bonchev–Trinajstić information content (AvgIpc) is 2.01. The quantitative estimate of drug-likeness (QED) is 0.496. The molecule has 0 N–H and O–H groups in total. The second-order valence-corrected chi connectivity index (χ2v) is 4.74. The van der Waals surface area contributed by atoms with Crippen molar-refractivity contribution in [3.8, 4) is 0 Å². The molecule has 0 aliphatic heterocycles. The van der Waals surface area contributed by atoms with Crippen LogP contribution in [0, 0.1) is 0 Å². The maximum absolute atomic E-state index is 2.41. The zero-order chi connectivity index (χ0) is 11.5. The van der Waals surface area contributed by atoms with Gasteiger partial charge in [0.1, 0.15) is 0 Å². The molecule has 0 bridgehead atoms. The molecular formula is C11H27N3. The van der Waals surface area contributed by atoms with Crippen LogP contribution in [0.25, 0.3) is 0 Å². The molecule has 86 valence electrons. The predicted octanol–water partition coefficient (Wildman–Crippen LogP) is 1.86. The minimum absolute atomic E-state index is 0.430. The lowest BCUT2D eigenvalue weighted by molar-refractivity contribution is -0.114. The Bertz CT molecular complexity index is 147. The molecule has 0 fully saturated rings. The van der Waals surface area contributed by atoms with Crippen molar-refractivity contribution in [3.05, 3.63) is 0 Å². The molecule has 1 unspecified atom stereocenters. The first-order valence-corrected chi connectivity index (χ1v) is 5.46. The molecule has 0 saturated carbocycles. The highest BCUT2D eigenvalue weighted by molar-refractivity contribution is 4.67. The molecule has 3 heteroatoms. The van der Waals surface area contributed by atoms with E-state index in [0.717, 1.165) is 0 Å². The van der Waals surface area contributed by atoms with E-state index in [9.17, 15) is 0 Å². The fraction of sp³-hybridized carbons (Fsp3) is 1.00. The summed E-state index contributed by atoms with van der Waals surface area (Å²) >= 11 is 0. The van der Waals surface area contributed by atoms with Gasteiger partial charge in [0.05, 0.1) is 6.17 Å². The van der Waals surface area contributed by atoms with Gasteiger partial charge in [-0.05, 0) is 48.7 Å². The van der Waals surface area contributed by atoms with Gasteiger partial charge in [0.2, 0.25) is 0 Å². The molecule has 1 atom stereocenters. The van der Waals surface area contributed by atoms with Crippen molar-refractivity contribution in [2.24, 2.45) is 0 Å². The maximum atomic E-state index is 2.41. The monoisotopic (exact) mass is 201 g/mol. The molecule has 0 rings (SSSR count). The van der Waals surface area contributed by atoms with Gasteiger partial charge in [-0.1, -0.05) is 0 Å². The second kappa shape index (κ2) is 5.69. The zero-order valence-corrected chi connectivity index (χ0v) is 11.1. The summed E-state index contributed by atoms with van der Waals surface area (Å²) in [6.07, 6.45) is 0.430. The third-order valence-electron chi connectivity index (χ3n) is 2.71. The van der Waals surface area contributed by atoms with Gasteiger partial charge >= 0.3 is 0 Å². The minimum Gasteiger partial charge on any atom is -0.293 e. The summed E-state index contributed by atoms with van der Waals surface area (Å²) in [6, 6.07) is 1.09. The summed E-state index contributed by atoms with van der Waals surface area (Å²) in [5.74, 6) is 0. The van der Waals surface area contributed by atoms with Crippen molar-refractivity contribution < 1.29 is 0 Å². The SMILES string of the molecule is CC(N(C)C)N(C)N(C(C)C)C(C)C. The minimum atomic E-state index is 0.430. The topological polar surface area (TPSA) is 9.72 Å². The fourth-order valence-electron chi connectivity index (χ4n) is 1.85. The Kier molecular flexibility index (Phi) is 5.64. The molecule has 3 nitrogen and oxygen atoms in total. The second-order valence-electron chi connectivity index (χ2n) is 4.74. The smallest absolute Gasteiger partial charge is 0.0723 e. The summed E-state index contributed by atoms with van der Waals surface area (Å²) in [5, 5.41) is 4.72. The van der Waals surface area contributed by atoms with E-state index in [1.54, 1.807) is 0 Å². The van der Waals surface area contributed by atoms with E-state index in [1.165, 1.54) is 0 Å². The summed E-state index contributed by atoms with van der Waals surface area (Å²) in [7, 11) is 6.38. The van der Waals surface area contributed by atoms with Crippen LogP contribution < -0.4 is 0 Å². The Morgan fingerprint density at radius 2 is 1.07 bits per heavy atom. The van der Waals surface area contributed by atoms with Crippen LogP contribution in [0.1, 0.15) is 34.6 Å². The van der Waals surface area contributed by atoms with Crippen LogP contribution in [-0.4, -0.2) is 54.3 Å². The summed E-state index contributed by atoms with van der Waals surface area (Å²) in [6.45, 7) is 11.2. The van der Waals surface area contributed by atoms with Crippen LogP contribution in [0.2, 0.25) is 0 Å². The van der Waals surface area contributed by atoms with Gasteiger partial charge in [0.15, 0.2) is 0 Å². The van der Waals surface area contributed by atoms with Crippen molar-refractivity contribution in [2.75, 3.05) is 21.1 Å². The molecule has 14 heavy (non-hydrogen) atoms. The summed E-state index contributed by atoms with van der Waals surface area (Å²) < 4.78 is 0. The van der Waals surface area contributed by atoms with Gasteiger partial charge in [-0.25, -0.2) is 10.0 Å². The molecule has 0 heterocycles. The first-order chi connectivity index (χ1) is 6.29. The lowest BCUT2D eigenvalue weighted by Gasteiger charge is -2.43. The highest BCUT2D eigenvalue weighted by atomic mass is 15.7. The van der Waals surface area contributed by atoms with Gasteiger partial charge in [-0.2, -0.15) is 0 Å². The number of rotatable bonds is 5. The van der Waals surface area contributed by atoms with Gasteiger partial charge < -0.3 is 0 Å². The van der Waals surface area contributed by atoms with E-state index < -0.39 is 0 Å². The van der Waals surface area contributed by atoms with E-state index in [4.69, 9.17) is 0 Å². The Labute approximate surface area is 89.6 Å². The molecule has 0 radical (unpaired) electrons. The van der Waals surface area contributed by atoms with E-state index in [1.807, 2.05) is 0 Å². The maximum Gasteiger partial charge on any atom is 0.0723 e. The fourth-order valence-corrected chi connectivity index (χ4v) is 1.85. The standard InChI is InChI=1S/C11H27N3/c1-9(2)14(10(3)4)13(8)11(5)12(6)7/h9-11H,1-8H3. The largest absolute Gasteiger partial charge is 0.293 e. The van der Waals surface area contributed by atoms with Crippen molar-refractivity contribution in [2.45, 2.75) is 52.9 Å². The Morgan fingerprint density at radius 3 is 1.29 bits per heavy atom. The van der Waals surface area contributed by atoms with E-state index in [0.29, 0.717) is 18.2 Å². The van der Waals surface area contributed by atoms with E-state index in [2.05, 4.69) is 70.7 Å². The highest BCUT2D eigenvalue weighted by Gasteiger charge is 2.23. The van der Waals surface area contributed by atoms with Gasteiger partial charge in [-0.15, -0.1) is 0 Å². The van der Waals surface area contributed by atoms with Crippen LogP contribution in [0.4, 0.5) is 0 Å². The summed E-state index contributed by atoms with van der Waals surface area (Å²) in [4.78, 5) is 2.22. The highest BCUT2D eigenvalue weighted by Crippen LogP contribution is 2.12. The Hall–Kier alpha value is -0.120. The third-order valence-corrected chi connectivity index (χ3v) is 2.71.